The summed E-state index contributed by atoms with van der Waals surface area (Å²) in [7, 11) is -3.87. The summed E-state index contributed by atoms with van der Waals surface area (Å²) < 4.78 is 21.9. The maximum Gasteiger partial charge on any atom is 0.327 e. The number of β-lactam (4-membered cyclic amide) rings is 1. The molecule has 2 fully saturated rings. The topological polar surface area (TPSA) is 147 Å². The summed E-state index contributed by atoms with van der Waals surface area (Å²) in [6, 6.07) is 4.03. The SMILES string of the molecule is CC1(C)S[C@H]2N(C(=O)[C@]2(C)NC(=O)c2ccc(S(N)(=O)=O)cc2)[C@H]1C(=O)O. The van der Waals surface area contributed by atoms with Crippen molar-refractivity contribution in [3.8, 4) is 0 Å². The number of nitrogens with zero attached hydrogens (tertiary/aromatic N) is 1. The fourth-order valence-corrected chi connectivity index (χ4v) is 5.60. The van der Waals surface area contributed by atoms with Crippen LogP contribution in [0.1, 0.15) is 31.1 Å². The number of carbonyl (C=O) groups excluding carboxylic acids is 2. The molecular weight excluding hydrogens is 394 g/mol. The molecular formula is C16H19N3O6S2. The molecule has 1 aromatic carbocycles. The predicted octanol–water partition coefficient (Wildman–Crippen LogP) is -0.0306. The van der Waals surface area contributed by atoms with Gasteiger partial charge in [-0.15, -0.1) is 11.8 Å². The standard InChI is InChI=1S/C16H19N3O6S2/c1-15(2)10(12(21)22)19-13(23)16(3,14(19)26-15)18-11(20)8-4-6-9(7-5-8)27(17,24)25/h4-7,10,14H,1-3H3,(H,18,20)(H,21,22)(H2,17,24,25)/t10-,14+,16-/m0/s1. The summed E-state index contributed by atoms with van der Waals surface area (Å²) in [5, 5.41) is 16.6. The van der Waals surface area contributed by atoms with Crippen molar-refractivity contribution < 1.29 is 27.9 Å². The van der Waals surface area contributed by atoms with Crippen LogP contribution in [0.25, 0.3) is 0 Å². The first-order chi connectivity index (χ1) is 12.3. The van der Waals surface area contributed by atoms with E-state index in [9.17, 15) is 27.9 Å². The summed E-state index contributed by atoms with van der Waals surface area (Å²) in [5.74, 6) is -2.12. The number of carboxylic acid groups (broad SMARTS) is 1. The smallest absolute Gasteiger partial charge is 0.327 e. The minimum absolute atomic E-state index is 0.131. The Bertz CT molecular complexity index is 943. The number of carboxylic acids is 1. The minimum Gasteiger partial charge on any atom is -0.480 e. The summed E-state index contributed by atoms with van der Waals surface area (Å²) in [6.07, 6.45) is 0. The van der Waals surface area contributed by atoms with Crippen molar-refractivity contribution in [2.45, 2.75) is 47.4 Å². The molecule has 0 radical (unpaired) electrons. The van der Waals surface area contributed by atoms with Crippen molar-refractivity contribution >= 4 is 39.6 Å². The highest BCUT2D eigenvalue weighted by Crippen LogP contribution is 2.54. The maximum atomic E-state index is 12.7. The molecule has 2 saturated heterocycles. The number of benzene rings is 1. The predicted molar refractivity (Wildman–Crippen MR) is 97.4 cm³/mol. The number of rotatable bonds is 4. The maximum absolute atomic E-state index is 12.7. The van der Waals surface area contributed by atoms with Gasteiger partial charge in [0, 0.05) is 10.3 Å². The van der Waals surface area contributed by atoms with E-state index in [0.717, 1.165) is 0 Å². The molecule has 27 heavy (non-hydrogen) atoms. The first-order valence-corrected chi connectivity index (χ1v) is 10.4. The van der Waals surface area contributed by atoms with Crippen LogP contribution in [0, 0.1) is 0 Å². The van der Waals surface area contributed by atoms with Gasteiger partial charge in [0.05, 0.1) is 4.90 Å². The van der Waals surface area contributed by atoms with Gasteiger partial charge in [-0.2, -0.15) is 0 Å². The quantitative estimate of drug-likeness (QED) is 0.587. The molecule has 2 aliphatic rings. The van der Waals surface area contributed by atoms with Gasteiger partial charge in [-0.25, -0.2) is 18.4 Å². The molecule has 3 atom stereocenters. The summed E-state index contributed by atoms with van der Waals surface area (Å²) >= 11 is 1.32. The van der Waals surface area contributed by atoms with Gasteiger partial charge < -0.3 is 15.3 Å². The molecule has 1 aromatic rings. The van der Waals surface area contributed by atoms with Crippen molar-refractivity contribution in [2.75, 3.05) is 0 Å². The summed E-state index contributed by atoms with van der Waals surface area (Å²) in [4.78, 5) is 37.9. The second-order valence-corrected chi connectivity index (χ2v) is 10.5. The van der Waals surface area contributed by atoms with Gasteiger partial charge >= 0.3 is 5.97 Å². The number of sulfonamides is 1. The first kappa shape index (κ1) is 19.6. The van der Waals surface area contributed by atoms with Gasteiger partial charge in [-0.05, 0) is 45.0 Å². The number of fused-ring (bicyclic) bond motifs is 1. The Kier molecular flexibility index (Phi) is 4.32. The molecule has 0 bridgehead atoms. The summed E-state index contributed by atoms with van der Waals surface area (Å²) in [5.41, 5.74) is -1.09. The zero-order valence-corrected chi connectivity index (χ0v) is 16.4. The third kappa shape index (κ3) is 2.99. The van der Waals surface area contributed by atoms with Crippen LogP contribution in [0.3, 0.4) is 0 Å². The molecule has 9 nitrogen and oxygen atoms in total. The Balaban J connectivity index is 1.81. The van der Waals surface area contributed by atoms with Gasteiger partial charge in [0.25, 0.3) is 11.8 Å². The number of hydrogen-bond donors (Lipinski definition) is 3. The number of thioether (sulfide) groups is 1. The van der Waals surface area contributed by atoms with E-state index in [0.29, 0.717) is 0 Å². The van der Waals surface area contributed by atoms with Crippen molar-refractivity contribution in [2.24, 2.45) is 5.14 Å². The fourth-order valence-electron chi connectivity index (χ4n) is 3.44. The number of carbonyl (C=O) groups is 3. The van der Waals surface area contributed by atoms with Gasteiger partial charge in [0.2, 0.25) is 10.0 Å². The molecule has 0 saturated carbocycles. The van der Waals surface area contributed by atoms with Crippen LogP contribution < -0.4 is 10.5 Å². The second-order valence-electron chi connectivity index (χ2n) is 7.25. The molecule has 0 aliphatic carbocycles. The monoisotopic (exact) mass is 413 g/mol. The number of nitrogens with one attached hydrogen (secondary N) is 1. The first-order valence-electron chi connectivity index (χ1n) is 7.98. The lowest BCUT2D eigenvalue weighted by molar-refractivity contribution is -0.165. The molecule has 4 N–H and O–H groups in total. The van der Waals surface area contributed by atoms with Crippen LogP contribution in [0.15, 0.2) is 29.2 Å². The van der Waals surface area contributed by atoms with Crippen LogP contribution in [-0.4, -0.2) is 57.9 Å². The third-order valence-corrected chi connectivity index (χ3v) is 7.51. The highest BCUT2D eigenvalue weighted by Gasteiger charge is 2.70. The van der Waals surface area contributed by atoms with Crippen LogP contribution >= 0.6 is 11.8 Å². The van der Waals surface area contributed by atoms with Gasteiger partial charge in [0.1, 0.15) is 17.0 Å². The van der Waals surface area contributed by atoms with E-state index in [4.69, 9.17) is 5.14 Å². The highest BCUT2D eigenvalue weighted by atomic mass is 32.2. The minimum atomic E-state index is -3.87. The van der Waals surface area contributed by atoms with E-state index in [-0.39, 0.29) is 10.5 Å². The normalized spacial score (nSPS) is 29.0. The van der Waals surface area contributed by atoms with Crippen LogP contribution in [0.2, 0.25) is 0 Å². The second kappa shape index (κ2) is 5.94. The average molecular weight is 413 g/mol. The van der Waals surface area contributed by atoms with Crippen molar-refractivity contribution in [3.63, 3.8) is 0 Å². The Morgan fingerprint density at radius 1 is 1.22 bits per heavy atom. The molecule has 11 heteroatoms. The van der Waals surface area contributed by atoms with E-state index in [1.165, 1.54) is 40.9 Å². The Morgan fingerprint density at radius 3 is 2.26 bits per heavy atom. The lowest BCUT2D eigenvalue weighted by atomic mass is 9.86. The van der Waals surface area contributed by atoms with Crippen LogP contribution in [0.4, 0.5) is 0 Å². The molecule has 2 aliphatic heterocycles. The zero-order valence-electron chi connectivity index (χ0n) is 14.8. The van der Waals surface area contributed by atoms with Gasteiger partial charge in [-0.1, -0.05) is 0 Å². The molecule has 146 valence electrons. The average Bonchev–Trinajstić information content (AvgIpc) is 2.83. The summed E-state index contributed by atoms with van der Waals surface area (Å²) in [6.45, 7) is 5.05. The number of hydrogen-bond acceptors (Lipinski definition) is 6. The third-order valence-electron chi connectivity index (χ3n) is 4.83. The van der Waals surface area contributed by atoms with E-state index >= 15 is 0 Å². The molecule has 3 rings (SSSR count). The van der Waals surface area contributed by atoms with Crippen LogP contribution in [-0.2, 0) is 19.6 Å². The molecule has 2 amide bonds. The lowest BCUT2D eigenvalue weighted by Gasteiger charge is -2.51. The van der Waals surface area contributed by atoms with E-state index in [2.05, 4.69) is 5.32 Å². The number of primary sulfonamides is 1. The van der Waals surface area contributed by atoms with Gasteiger partial charge in [-0.3, -0.25) is 9.59 Å². The molecule has 0 spiro atoms. The Hall–Kier alpha value is -2.11. The van der Waals surface area contributed by atoms with Crippen LogP contribution in [0.5, 0.6) is 0 Å². The van der Waals surface area contributed by atoms with Crippen molar-refractivity contribution in [1.29, 1.82) is 0 Å². The Morgan fingerprint density at radius 2 is 1.78 bits per heavy atom. The highest BCUT2D eigenvalue weighted by molar-refractivity contribution is 8.01. The van der Waals surface area contributed by atoms with E-state index in [1.807, 2.05) is 0 Å². The van der Waals surface area contributed by atoms with Crippen molar-refractivity contribution in [3.05, 3.63) is 29.8 Å². The fraction of sp³-hybridized carbons (Fsp3) is 0.438. The zero-order chi connectivity index (χ0) is 20.4. The van der Waals surface area contributed by atoms with E-state index < -0.39 is 49.5 Å². The number of aliphatic carboxylic acids is 1. The Labute approximate surface area is 160 Å². The number of nitrogens with two attached hydrogens (primary N) is 1. The van der Waals surface area contributed by atoms with Gasteiger partial charge in [0.15, 0.2) is 0 Å². The van der Waals surface area contributed by atoms with Crippen molar-refractivity contribution in [1.82, 2.24) is 10.2 Å². The molecule has 0 unspecified atom stereocenters. The van der Waals surface area contributed by atoms with E-state index in [1.54, 1.807) is 20.8 Å². The number of amides is 2. The molecule has 0 aromatic heterocycles. The lowest BCUT2D eigenvalue weighted by Crippen LogP contribution is -2.78. The largest absolute Gasteiger partial charge is 0.480 e. The molecule has 2 heterocycles.